The third-order valence-electron chi connectivity index (χ3n) is 7.19. The second-order valence-electron chi connectivity index (χ2n) is 10.6. The second-order valence-corrected chi connectivity index (χ2v) is 10.6. The molecule has 256 valence electrons. The van der Waals surface area contributed by atoms with Gasteiger partial charge in [0.15, 0.2) is 5.82 Å². The lowest BCUT2D eigenvalue weighted by Crippen LogP contribution is -2.52. The first-order valence-corrected chi connectivity index (χ1v) is 14.5. The third kappa shape index (κ3) is 14.0. The molecule has 2 rings (SSSR count). The number of pyridine rings is 1. The summed E-state index contributed by atoms with van der Waals surface area (Å²) >= 11 is 0. The van der Waals surface area contributed by atoms with Gasteiger partial charge >= 0.3 is 23.9 Å². The number of carbonyl (C=O) groups is 6. The Morgan fingerprint density at radius 1 is 0.696 bits per heavy atom. The molecule has 1 fully saturated rings. The van der Waals surface area contributed by atoms with Crippen LogP contribution in [0, 0.1) is 0 Å². The molecule has 46 heavy (non-hydrogen) atoms. The van der Waals surface area contributed by atoms with Gasteiger partial charge in [-0.05, 0) is 12.5 Å². The van der Waals surface area contributed by atoms with Crippen molar-refractivity contribution in [3.05, 3.63) is 28.6 Å². The summed E-state index contributed by atoms with van der Waals surface area (Å²) in [5.74, 6) is -5.85. The van der Waals surface area contributed by atoms with E-state index in [-0.39, 0.29) is 108 Å². The molecule has 1 aromatic rings. The standard InChI is InChI=1S/C27H41N7O12/c35-21(28-7-6-22(36)29-20-2-1-3-23(37)34(20)46)5-4-19(27(44)45)33-14-12-31(17-25(40)41)10-8-30(16-24(38)39)9-11-32(13-15-33)18-26(42)43/h1-3,19,46H,4-18H2,(H,28,35)(H,29,36)(H,38,39)(H,40,41)(H,42,43)(H,44,45). The summed E-state index contributed by atoms with van der Waals surface area (Å²) < 4.78 is 0.260. The fourth-order valence-electron chi connectivity index (χ4n) is 4.83. The lowest BCUT2D eigenvalue weighted by atomic mass is 10.1. The minimum Gasteiger partial charge on any atom is -0.480 e. The molecule has 0 saturated carbocycles. The zero-order valence-electron chi connectivity index (χ0n) is 25.2. The Labute approximate surface area is 263 Å². The Hall–Kier alpha value is -4.59. The Kier molecular flexibility index (Phi) is 15.6. The van der Waals surface area contributed by atoms with E-state index in [1.807, 2.05) is 0 Å². The van der Waals surface area contributed by atoms with Crippen LogP contribution in [-0.4, -0.2) is 170 Å². The number of aliphatic carboxylic acids is 4. The van der Waals surface area contributed by atoms with Gasteiger partial charge in [0.2, 0.25) is 11.8 Å². The van der Waals surface area contributed by atoms with Crippen LogP contribution in [0.25, 0.3) is 0 Å². The third-order valence-corrected chi connectivity index (χ3v) is 7.19. The van der Waals surface area contributed by atoms with E-state index in [1.165, 1.54) is 12.1 Å². The van der Waals surface area contributed by atoms with Crippen LogP contribution in [0.4, 0.5) is 5.82 Å². The number of rotatable bonds is 15. The molecule has 0 aromatic carbocycles. The molecule has 2 heterocycles. The van der Waals surface area contributed by atoms with Crippen molar-refractivity contribution in [1.82, 2.24) is 29.6 Å². The Balaban J connectivity index is 2.05. The van der Waals surface area contributed by atoms with Gasteiger partial charge in [-0.3, -0.25) is 53.2 Å². The van der Waals surface area contributed by atoms with E-state index in [1.54, 1.807) is 19.6 Å². The molecule has 1 aromatic heterocycles. The number of aromatic nitrogens is 1. The maximum Gasteiger partial charge on any atom is 0.320 e. The van der Waals surface area contributed by atoms with E-state index >= 15 is 0 Å². The van der Waals surface area contributed by atoms with Crippen molar-refractivity contribution in [3.63, 3.8) is 0 Å². The molecule has 7 N–H and O–H groups in total. The van der Waals surface area contributed by atoms with E-state index in [0.29, 0.717) is 0 Å². The average Bonchev–Trinajstić information content (AvgIpc) is 2.95. The number of carbonyl (C=O) groups excluding carboxylic acids is 2. The van der Waals surface area contributed by atoms with Gasteiger partial charge < -0.3 is 36.3 Å². The molecule has 2 amide bonds. The SMILES string of the molecule is O=C(O)CN1CCN(CC(=O)O)CCN(C(CCC(=O)NCCC(=O)Nc2cccc(=O)n2O)C(=O)O)CCN(CC(=O)O)CC1. The van der Waals surface area contributed by atoms with Gasteiger partial charge in [-0.2, -0.15) is 0 Å². The molecule has 1 saturated heterocycles. The van der Waals surface area contributed by atoms with E-state index in [9.17, 15) is 59.2 Å². The summed E-state index contributed by atoms with van der Waals surface area (Å²) in [6.45, 7) is -0.0905. The molecule has 19 heteroatoms. The minimum absolute atomic E-state index is 0.0707. The normalized spacial score (nSPS) is 16.8. The zero-order chi connectivity index (χ0) is 34.2. The number of carboxylic acid groups (broad SMARTS) is 4. The molecule has 0 radical (unpaired) electrons. The van der Waals surface area contributed by atoms with Crippen LogP contribution in [0.15, 0.2) is 23.0 Å². The number of amides is 2. The summed E-state index contributed by atoms with van der Waals surface area (Å²) in [6, 6.07) is 2.55. The fourth-order valence-corrected chi connectivity index (χ4v) is 4.83. The van der Waals surface area contributed by atoms with Crippen molar-refractivity contribution in [1.29, 1.82) is 0 Å². The summed E-state index contributed by atoms with van der Waals surface area (Å²) in [7, 11) is 0. The summed E-state index contributed by atoms with van der Waals surface area (Å²) in [6.07, 6.45) is -0.573. The number of carboxylic acids is 4. The smallest absolute Gasteiger partial charge is 0.320 e. The van der Waals surface area contributed by atoms with Gasteiger partial charge in [0.25, 0.3) is 5.56 Å². The van der Waals surface area contributed by atoms with Gasteiger partial charge in [-0.25, -0.2) is 0 Å². The van der Waals surface area contributed by atoms with Crippen LogP contribution in [0.3, 0.4) is 0 Å². The van der Waals surface area contributed by atoms with Crippen molar-refractivity contribution >= 4 is 41.5 Å². The predicted molar refractivity (Wildman–Crippen MR) is 159 cm³/mol. The van der Waals surface area contributed by atoms with Gasteiger partial charge in [-0.1, -0.05) is 6.07 Å². The van der Waals surface area contributed by atoms with E-state index in [4.69, 9.17) is 0 Å². The van der Waals surface area contributed by atoms with Gasteiger partial charge in [0.05, 0.1) is 19.6 Å². The minimum atomic E-state index is -1.24. The van der Waals surface area contributed by atoms with Crippen LogP contribution in [-0.2, 0) is 28.8 Å². The Morgan fingerprint density at radius 3 is 1.63 bits per heavy atom. The first kappa shape index (κ1) is 37.6. The molecule has 1 atom stereocenters. The van der Waals surface area contributed by atoms with E-state index in [2.05, 4.69) is 10.6 Å². The van der Waals surface area contributed by atoms with Crippen LogP contribution < -0.4 is 16.2 Å². The highest BCUT2D eigenvalue weighted by molar-refractivity contribution is 5.90. The molecule has 0 spiro atoms. The van der Waals surface area contributed by atoms with Crippen molar-refractivity contribution < 1.29 is 54.4 Å². The number of nitrogens with one attached hydrogen (secondary N) is 2. The molecular weight excluding hydrogens is 614 g/mol. The second kappa shape index (κ2) is 19.0. The van der Waals surface area contributed by atoms with Crippen LogP contribution in [0.2, 0.25) is 0 Å². The molecule has 0 aliphatic carbocycles. The summed E-state index contributed by atoms with van der Waals surface area (Å²) in [5, 5.41) is 52.6. The maximum absolute atomic E-state index is 12.5. The average molecular weight is 656 g/mol. The van der Waals surface area contributed by atoms with Gasteiger partial charge in [0, 0.05) is 77.8 Å². The lowest BCUT2D eigenvalue weighted by molar-refractivity contribution is -0.145. The van der Waals surface area contributed by atoms with Crippen molar-refractivity contribution in [2.75, 3.05) is 83.9 Å². The van der Waals surface area contributed by atoms with E-state index < -0.39 is 47.3 Å². The van der Waals surface area contributed by atoms with Crippen molar-refractivity contribution in [3.8, 4) is 0 Å². The predicted octanol–water partition coefficient (Wildman–Crippen LogP) is -2.76. The van der Waals surface area contributed by atoms with E-state index in [0.717, 1.165) is 6.07 Å². The number of hydrogen-bond acceptors (Lipinski definition) is 12. The maximum atomic E-state index is 12.5. The molecule has 1 aliphatic rings. The fraction of sp³-hybridized carbons (Fsp3) is 0.593. The van der Waals surface area contributed by atoms with Gasteiger partial charge in [0.1, 0.15) is 6.04 Å². The summed E-state index contributed by atoms with van der Waals surface area (Å²) in [4.78, 5) is 89.0. The number of anilines is 1. The van der Waals surface area contributed by atoms with Crippen LogP contribution >= 0.6 is 0 Å². The lowest BCUT2D eigenvalue weighted by Gasteiger charge is -2.35. The summed E-state index contributed by atoms with van der Waals surface area (Å²) in [5.41, 5.74) is -0.747. The Bertz CT molecular complexity index is 1260. The quantitative estimate of drug-likeness (QED) is 0.0944. The first-order chi connectivity index (χ1) is 21.7. The molecule has 19 nitrogen and oxygen atoms in total. The van der Waals surface area contributed by atoms with Gasteiger partial charge in [-0.15, -0.1) is 4.73 Å². The monoisotopic (exact) mass is 655 g/mol. The highest BCUT2D eigenvalue weighted by atomic mass is 16.5. The molecular formula is C27H41N7O12. The first-order valence-electron chi connectivity index (χ1n) is 14.5. The molecule has 1 unspecified atom stereocenters. The number of nitrogens with zero attached hydrogens (tertiary/aromatic N) is 5. The van der Waals surface area contributed by atoms with Crippen LogP contribution in [0.5, 0.6) is 0 Å². The highest BCUT2D eigenvalue weighted by Crippen LogP contribution is 2.11. The highest BCUT2D eigenvalue weighted by Gasteiger charge is 2.28. The van der Waals surface area contributed by atoms with Crippen LogP contribution in [0.1, 0.15) is 19.3 Å². The topological polar surface area (TPSA) is 263 Å². The largest absolute Gasteiger partial charge is 0.480 e. The van der Waals surface area contributed by atoms with Crippen molar-refractivity contribution in [2.24, 2.45) is 0 Å². The Morgan fingerprint density at radius 2 is 1.17 bits per heavy atom. The molecule has 1 aliphatic heterocycles. The molecule has 0 bridgehead atoms. The number of hydrogen-bond donors (Lipinski definition) is 7. The van der Waals surface area contributed by atoms with Crippen molar-refractivity contribution in [2.45, 2.75) is 25.3 Å². The zero-order valence-corrected chi connectivity index (χ0v) is 25.2.